The number of carbonyl (C=O) groups is 1. The highest BCUT2D eigenvalue weighted by Crippen LogP contribution is 2.18. The fourth-order valence-electron chi connectivity index (χ4n) is 2.30. The maximum Gasteiger partial charge on any atom is 0.272 e. The van der Waals surface area contributed by atoms with Gasteiger partial charge < -0.3 is 14.7 Å². The van der Waals surface area contributed by atoms with Crippen molar-refractivity contribution in [1.82, 2.24) is 4.98 Å². The third-order valence-corrected chi connectivity index (χ3v) is 3.52. The number of fused-ring (bicyclic) bond motifs is 1. The molecular weight excluding hydrogens is 264 g/mol. The first kappa shape index (κ1) is 13.5. The summed E-state index contributed by atoms with van der Waals surface area (Å²) in [5.41, 5.74) is 4.11. The topological polar surface area (TPSA) is 58.0 Å². The Hall–Kier alpha value is -2.49. The molecule has 2 N–H and O–H groups in total. The molecule has 0 aliphatic carbocycles. The van der Waals surface area contributed by atoms with Gasteiger partial charge in [-0.05, 0) is 30.5 Å². The van der Waals surface area contributed by atoms with Gasteiger partial charge in [0, 0.05) is 17.8 Å². The number of anilines is 1. The van der Waals surface area contributed by atoms with E-state index in [-0.39, 0.29) is 5.91 Å². The Labute approximate surface area is 123 Å². The normalized spacial score (nSPS) is 10.9. The van der Waals surface area contributed by atoms with Crippen molar-refractivity contribution in [3.05, 3.63) is 53.9 Å². The fraction of sp³-hybridized carbons (Fsp3) is 0.235. The lowest BCUT2D eigenvalue weighted by atomic mass is 10.1. The standard InChI is InChI=1S/C17H18N2O2/c1-2-3-4-12-5-7-13(8-6-12)18-17(20)15-11-16-14(19-15)9-10-21-16/h5-11,19H,2-4H2,1H3,(H,18,20). The SMILES string of the molecule is CCCCc1ccc(NC(=O)c2cc3occc3[nH]2)cc1. The van der Waals surface area contributed by atoms with E-state index >= 15 is 0 Å². The van der Waals surface area contributed by atoms with E-state index in [1.165, 1.54) is 18.4 Å². The second kappa shape index (κ2) is 5.87. The first-order chi connectivity index (χ1) is 10.3. The molecular formula is C17H18N2O2. The molecule has 4 heteroatoms. The number of aryl methyl sites for hydroxylation is 1. The third kappa shape index (κ3) is 2.99. The summed E-state index contributed by atoms with van der Waals surface area (Å²) in [7, 11) is 0. The summed E-state index contributed by atoms with van der Waals surface area (Å²) in [6.45, 7) is 2.18. The van der Waals surface area contributed by atoms with E-state index in [4.69, 9.17) is 4.42 Å². The second-order valence-electron chi connectivity index (χ2n) is 5.14. The van der Waals surface area contributed by atoms with E-state index in [0.29, 0.717) is 11.3 Å². The van der Waals surface area contributed by atoms with Gasteiger partial charge in [-0.1, -0.05) is 25.5 Å². The summed E-state index contributed by atoms with van der Waals surface area (Å²) < 4.78 is 5.24. The van der Waals surface area contributed by atoms with Crippen LogP contribution in [0, 0.1) is 0 Å². The number of benzene rings is 1. The Morgan fingerprint density at radius 3 is 2.76 bits per heavy atom. The number of furan rings is 1. The van der Waals surface area contributed by atoms with Gasteiger partial charge in [0.25, 0.3) is 5.91 Å². The van der Waals surface area contributed by atoms with Crippen molar-refractivity contribution in [1.29, 1.82) is 0 Å². The molecule has 4 nitrogen and oxygen atoms in total. The lowest BCUT2D eigenvalue weighted by Gasteiger charge is -2.05. The molecule has 0 saturated heterocycles. The molecule has 0 aliphatic rings. The van der Waals surface area contributed by atoms with Crippen LogP contribution in [-0.4, -0.2) is 10.9 Å². The van der Waals surface area contributed by atoms with Gasteiger partial charge >= 0.3 is 0 Å². The van der Waals surface area contributed by atoms with Gasteiger partial charge in [-0.25, -0.2) is 0 Å². The molecule has 108 valence electrons. The summed E-state index contributed by atoms with van der Waals surface area (Å²) in [6, 6.07) is 11.5. The van der Waals surface area contributed by atoms with Gasteiger partial charge in [0.15, 0.2) is 5.58 Å². The maximum absolute atomic E-state index is 12.2. The van der Waals surface area contributed by atoms with Crippen LogP contribution in [0.1, 0.15) is 35.8 Å². The Morgan fingerprint density at radius 2 is 2.05 bits per heavy atom. The van der Waals surface area contributed by atoms with E-state index in [0.717, 1.165) is 17.6 Å². The van der Waals surface area contributed by atoms with Crippen LogP contribution in [0.15, 0.2) is 47.1 Å². The average Bonchev–Trinajstić information content (AvgIpc) is 3.07. The van der Waals surface area contributed by atoms with Crippen LogP contribution in [-0.2, 0) is 6.42 Å². The van der Waals surface area contributed by atoms with Gasteiger partial charge in [-0.3, -0.25) is 4.79 Å². The molecule has 3 rings (SSSR count). The maximum atomic E-state index is 12.2. The van der Waals surface area contributed by atoms with Crippen LogP contribution < -0.4 is 5.32 Å². The molecule has 0 saturated carbocycles. The number of nitrogens with one attached hydrogen (secondary N) is 2. The molecule has 3 aromatic rings. The molecule has 1 amide bonds. The molecule has 0 spiro atoms. The van der Waals surface area contributed by atoms with Gasteiger partial charge in [0.05, 0.1) is 11.8 Å². The molecule has 0 radical (unpaired) electrons. The van der Waals surface area contributed by atoms with Crippen molar-refractivity contribution in [2.24, 2.45) is 0 Å². The van der Waals surface area contributed by atoms with Crippen molar-refractivity contribution in [2.45, 2.75) is 26.2 Å². The van der Waals surface area contributed by atoms with Crippen LogP contribution in [0.3, 0.4) is 0 Å². The Kier molecular flexibility index (Phi) is 3.77. The highest BCUT2D eigenvalue weighted by Gasteiger charge is 2.11. The zero-order valence-corrected chi connectivity index (χ0v) is 12.0. The predicted octanol–water partition coefficient (Wildman–Crippen LogP) is 4.36. The van der Waals surface area contributed by atoms with Gasteiger partial charge in [0.2, 0.25) is 0 Å². The van der Waals surface area contributed by atoms with Crippen LogP contribution in [0.4, 0.5) is 5.69 Å². The number of aromatic nitrogens is 1. The number of carbonyl (C=O) groups excluding carboxylic acids is 1. The number of aromatic amines is 1. The molecule has 0 aliphatic heterocycles. The van der Waals surface area contributed by atoms with E-state index < -0.39 is 0 Å². The quantitative estimate of drug-likeness (QED) is 0.730. The van der Waals surface area contributed by atoms with Crippen LogP contribution >= 0.6 is 0 Å². The zero-order chi connectivity index (χ0) is 14.7. The number of hydrogen-bond donors (Lipinski definition) is 2. The van der Waals surface area contributed by atoms with Crippen molar-refractivity contribution in [3.63, 3.8) is 0 Å². The number of unbranched alkanes of at least 4 members (excludes halogenated alkanes) is 1. The minimum absolute atomic E-state index is 0.164. The van der Waals surface area contributed by atoms with Crippen LogP contribution in [0.2, 0.25) is 0 Å². The van der Waals surface area contributed by atoms with Crippen molar-refractivity contribution >= 4 is 22.7 Å². The van der Waals surface area contributed by atoms with E-state index in [1.807, 2.05) is 12.1 Å². The number of hydrogen-bond acceptors (Lipinski definition) is 2. The van der Waals surface area contributed by atoms with Crippen LogP contribution in [0.5, 0.6) is 0 Å². The molecule has 21 heavy (non-hydrogen) atoms. The highest BCUT2D eigenvalue weighted by molar-refractivity contribution is 6.05. The minimum atomic E-state index is -0.164. The first-order valence-corrected chi connectivity index (χ1v) is 7.23. The minimum Gasteiger partial charge on any atom is -0.463 e. The Morgan fingerprint density at radius 1 is 1.24 bits per heavy atom. The molecule has 1 aromatic carbocycles. The number of H-pyrrole nitrogens is 1. The lowest BCUT2D eigenvalue weighted by Crippen LogP contribution is -2.12. The Balaban J connectivity index is 1.68. The summed E-state index contributed by atoms with van der Waals surface area (Å²) in [6.07, 6.45) is 5.05. The summed E-state index contributed by atoms with van der Waals surface area (Å²) in [5, 5.41) is 2.88. The van der Waals surface area contributed by atoms with Gasteiger partial charge in [0.1, 0.15) is 5.69 Å². The van der Waals surface area contributed by atoms with Gasteiger partial charge in [-0.15, -0.1) is 0 Å². The van der Waals surface area contributed by atoms with Crippen molar-refractivity contribution in [3.8, 4) is 0 Å². The molecule has 0 unspecified atom stereocenters. The zero-order valence-electron chi connectivity index (χ0n) is 12.0. The second-order valence-corrected chi connectivity index (χ2v) is 5.14. The predicted molar refractivity (Wildman–Crippen MR) is 83.6 cm³/mol. The largest absolute Gasteiger partial charge is 0.463 e. The summed E-state index contributed by atoms with van der Waals surface area (Å²) in [4.78, 5) is 15.2. The van der Waals surface area contributed by atoms with E-state index in [1.54, 1.807) is 18.4 Å². The van der Waals surface area contributed by atoms with E-state index in [9.17, 15) is 4.79 Å². The molecule has 0 fully saturated rings. The monoisotopic (exact) mass is 282 g/mol. The number of amides is 1. The van der Waals surface area contributed by atoms with E-state index in [2.05, 4.69) is 29.4 Å². The third-order valence-electron chi connectivity index (χ3n) is 3.52. The molecule has 0 bridgehead atoms. The molecule has 0 atom stereocenters. The highest BCUT2D eigenvalue weighted by atomic mass is 16.3. The van der Waals surface area contributed by atoms with Crippen molar-refractivity contribution in [2.75, 3.05) is 5.32 Å². The summed E-state index contributed by atoms with van der Waals surface area (Å²) in [5.74, 6) is -0.164. The first-order valence-electron chi connectivity index (χ1n) is 7.23. The fourth-order valence-corrected chi connectivity index (χ4v) is 2.30. The smallest absolute Gasteiger partial charge is 0.272 e. The molecule has 2 heterocycles. The number of rotatable bonds is 5. The lowest BCUT2D eigenvalue weighted by molar-refractivity contribution is 0.102. The average molecular weight is 282 g/mol. The molecule has 2 aromatic heterocycles. The van der Waals surface area contributed by atoms with Crippen LogP contribution in [0.25, 0.3) is 11.1 Å². The summed E-state index contributed by atoms with van der Waals surface area (Å²) >= 11 is 0. The van der Waals surface area contributed by atoms with Crippen molar-refractivity contribution < 1.29 is 9.21 Å². The van der Waals surface area contributed by atoms with Gasteiger partial charge in [-0.2, -0.15) is 0 Å². The Bertz CT molecular complexity index is 709.